The number of anilines is 3. The lowest BCUT2D eigenvalue weighted by molar-refractivity contribution is 0.332. The van der Waals surface area contributed by atoms with Gasteiger partial charge in [0.25, 0.3) is 0 Å². The van der Waals surface area contributed by atoms with E-state index < -0.39 is 0 Å². The molecule has 0 amide bonds. The van der Waals surface area contributed by atoms with Gasteiger partial charge in [-0.1, -0.05) is 149 Å². The Morgan fingerprint density at radius 2 is 0.946 bits per heavy atom. The summed E-state index contributed by atoms with van der Waals surface area (Å²) in [6.07, 6.45) is 2.39. The van der Waals surface area contributed by atoms with Crippen LogP contribution in [0.25, 0.3) is 60.5 Å². The van der Waals surface area contributed by atoms with Crippen molar-refractivity contribution in [1.29, 1.82) is 0 Å². The minimum absolute atomic E-state index is 0.118. The maximum absolute atomic E-state index is 2.49. The summed E-state index contributed by atoms with van der Waals surface area (Å²) < 4.78 is 2.49. The molecule has 56 heavy (non-hydrogen) atoms. The van der Waals surface area contributed by atoms with Gasteiger partial charge in [-0.15, -0.1) is 0 Å². The second-order valence-corrected chi connectivity index (χ2v) is 16.9. The molecule has 272 valence electrons. The first-order valence-electron chi connectivity index (χ1n) is 20.0. The highest BCUT2D eigenvalue weighted by molar-refractivity contribution is 6.10. The van der Waals surface area contributed by atoms with Crippen LogP contribution < -0.4 is 4.90 Å². The molecule has 1 aliphatic carbocycles. The molecule has 0 radical (unpaired) electrons. The van der Waals surface area contributed by atoms with Crippen molar-refractivity contribution in [3.8, 4) is 27.9 Å². The smallest absolute Gasteiger partial charge is 0.0561 e. The van der Waals surface area contributed by atoms with Gasteiger partial charge in [0.1, 0.15) is 0 Å². The standard InChI is InChI=1S/C54H46N2/c1-53(2)32-33-54(3,4)50-35-45(29-31-49(50)53)56-51-17-11-10-16-47(51)48-30-28-46(36-52(48)56)55(43-24-20-39(21-25-43)37-12-6-5-7-13-37)44-26-22-40(23-27-44)42-19-18-38-14-8-9-15-41(38)34-42/h5-31,34-36H,32-33H2,1-4H3. The first-order valence-corrected chi connectivity index (χ1v) is 20.0. The van der Waals surface area contributed by atoms with Crippen molar-refractivity contribution in [2.24, 2.45) is 0 Å². The first-order chi connectivity index (χ1) is 27.2. The van der Waals surface area contributed by atoms with E-state index in [1.54, 1.807) is 0 Å². The lowest BCUT2D eigenvalue weighted by Gasteiger charge is -2.42. The van der Waals surface area contributed by atoms with Gasteiger partial charge in [0.05, 0.1) is 11.0 Å². The lowest BCUT2D eigenvalue weighted by Crippen LogP contribution is -2.33. The fourth-order valence-electron chi connectivity index (χ4n) is 9.14. The number of para-hydroxylation sites is 1. The van der Waals surface area contributed by atoms with E-state index >= 15 is 0 Å². The molecule has 0 saturated heterocycles. The van der Waals surface area contributed by atoms with Crippen molar-refractivity contribution < 1.29 is 0 Å². The van der Waals surface area contributed by atoms with Crippen LogP contribution in [0.1, 0.15) is 51.7 Å². The molecule has 0 bridgehead atoms. The van der Waals surface area contributed by atoms with Crippen molar-refractivity contribution in [2.45, 2.75) is 51.4 Å². The van der Waals surface area contributed by atoms with Gasteiger partial charge in [0.15, 0.2) is 0 Å². The maximum atomic E-state index is 2.49. The molecular formula is C54H46N2. The quantitative estimate of drug-likeness (QED) is 0.166. The molecule has 1 heterocycles. The number of fused-ring (bicyclic) bond motifs is 5. The predicted molar refractivity (Wildman–Crippen MR) is 239 cm³/mol. The van der Waals surface area contributed by atoms with Crippen LogP contribution in [0.2, 0.25) is 0 Å². The first kappa shape index (κ1) is 34.1. The van der Waals surface area contributed by atoms with Crippen LogP contribution in [0.4, 0.5) is 17.1 Å². The van der Waals surface area contributed by atoms with Crippen LogP contribution in [-0.2, 0) is 10.8 Å². The molecule has 0 saturated carbocycles. The molecule has 0 unspecified atom stereocenters. The summed E-state index contributed by atoms with van der Waals surface area (Å²) in [5.74, 6) is 0. The van der Waals surface area contributed by atoms with E-state index in [2.05, 4.69) is 219 Å². The molecule has 0 atom stereocenters. The molecule has 0 aliphatic heterocycles. The number of hydrogen-bond donors (Lipinski definition) is 0. The number of hydrogen-bond acceptors (Lipinski definition) is 1. The molecule has 0 N–H and O–H groups in total. The summed E-state index contributed by atoms with van der Waals surface area (Å²) in [6, 6.07) is 67.1. The van der Waals surface area contributed by atoms with Crippen molar-refractivity contribution in [3.05, 3.63) is 193 Å². The van der Waals surface area contributed by atoms with Crippen molar-refractivity contribution >= 4 is 49.6 Å². The molecule has 2 nitrogen and oxygen atoms in total. The van der Waals surface area contributed by atoms with Gasteiger partial charge in [-0.05, 0) is 128 Å². The normalized spacial score (nSPS) is 14.6. The maximum Gasteiger partial charge on any atom is 0.0561 e. The van der Waals surface area contributed by atoms with E-state index in [-0.39, 0.29) is 10.8 Å². The van der Waals surface area contributed by atoms with Gasteiger partial charge in [-0.2, -0.15) is 0 Å². The van der Waals surface area contributed by atoms with Crippen LogP contribution in [0.3, 0.4) is 0 Å². The molecule has 1 aliphatic rings. The highest BCUT2D eigenvalue weighted by Gasteiger charge is 2.37. The fourth-order valence-corrected chi connectivity index (χ4v) is 9.14. The number of nitrogens with zero attached hydrogens (tertiary/aromatic N) is 2. The lowest BCUT2D eigenvalue weighted by atomic mass is 9.63. The Labute approximate surface area is 330 Å². The van der Waals surface area contributed by atoms with Gasteiger partial charge in [-0.3, -0.25) is 0 Å². The minimum Gasteiger partial charge on any atom is -0.310 e. The van der Waals surface area contributed by atoms with Crippen molar-refractivity contribution in [1.82, 2.24) is 4.57 Å². The van der Waals surface area contributed by atoms with Crippen LogP contribution in [-0.4, -0.2) is 4.57 Å². The Hall–Kier alpha value is -6.38. The van der Waals surface area contributed by atoms with Crippen LogP contribution in [0.5, 0.6) is 0 Å². The van der Waals surface area contributed by atoms with Gasteiger partial charge < -0.3 is 9.47 Å². The third kappa shape index (κ3) is 5.80. The molecule has 0 spiro atoms. The monoisotopic (exact) mass is 722 g/mol. The predicted octanol–water partition coefficient (Wildman–Crippen LogP) is 15.1. The Morgan fingerprint density at radius 1 is 0.393 bits per heavy atom. The van der Waals surface area contributed by atoms with E-state index in [1.807, 2.05) is 0 Å². The summed E-state index contributed by atoms with van der Waals surface area (Å²) >= 11 is 0. The number of aromatic nitrogens is 1. The summed E-state index contributed by atoms with van der Waals surface area (Å²) in [5.41, 5.74) is 15.1. The summed E-state index contributed by atoms with van der Waals surface area (Å²) in [6.45, 7) is 9.65. The summed E-state index contributed by atoms with van der Waals surface area (Å²) in [5, 5.41) is 5.04. The average molecular weight is 723 g/mol. The van der Waals surface area contributed by atoms with Gasteiger partial charge in [0.2, 0.25) is 0 Å². The van der Waals surface area contributed by atoms with E-state index in [1.165, 1.54) is 84.5 Å². The Kier molecular flexibility index (Phi) is 8.01. The topological polar surface area (TPSA) is 8.17 Å². The Morgan fingerprint density at radius 3 is 1.68 bits per heavy atom. The second-order valence-electron chi connectivity index (χ2n) is 16.9. The third-order valence-corrected chi connectivity index (χ3v) is 12.5. The highest BCUT2D eigenvalue weighted by atomic mass is 15.1. The molecule has 8 aromatic carbocycles. The average Bonchev–Trinajstić information content (AvgIpc) is 3.57. The largest absolute Gasteiger partial charge is 0.310 e. The van der Waals surface area contributed by atoms with Crippen molar-refractivity contribution in [2.75, 3.05) is 4.90 Å². The van der Waals surface area contributed by atoms with Crippen LogP contribution in [0, 0.1) is 0 Å². The Bertz CT molecular complexity index is 2890. The SMILES string of the molecule is CC1(C)CCC(C)(C)c2cc(-n3c4ccccc4c4ccc(N(c5ccc(-c6ccccc6)cc5)c5ccc(-c6ccc7ccccc7c6)cc5)cc43)ccc21. The zero-order valence-electron chi connectivity index (χ0n) is 32.6. The van der Waals surface area contributed by atoms with Crippen molar-refractivity contribution in [3.63, 3.8) is 0 Å². The van der Waals surface area contributed by atoms with E-state index in [4.69, 9.17) is 0 Å². The number of benzene rings is 8. The molecule has 9 aromatic rings. The summed E-state index contributed by atoms with van der Waals surface area (Å²) in [4.78, 5) is 2.40. The molecule has 10 rings (SSSR count). The highest BCUT2D eigenvalue weighted by Crippen LogP contribution is 2.47. The van der Waals surface area contributed by atoms with E-state index in [0.717, 1.165) is 17.1 Å². The minimum atomic E-state index is 0.118. The number of rotatable bonds is 6. The Balaban J connectivity index is 1.14. The van der Waals surface area contributed by atoms with Gasteiger partial charge >= 0.3 is 0 Å². The molecule has 1 aromatic heterocycles. The molecular weight excluding hydrogens is 677 g/mol. The molecule has 0 fully saturated rings. The fraction of sp³-hybridized carbons (Fsp3) is 0.148. The molecule has 2 heteroatoms. The van der Waals surface area contributed by atoms with Crippen LogP contribution in [0.15, 0.2) is 182 Å². The van der Waals surface area contributed by atoms with Gasteiger partial charge in [0, 0.05) is 33.5 Å². The third-order valence-electron chi connectivity index (χ3n) is 12.5. The summed E-state index contributed by atoms with van der Waals surface area (Å²) in [7, 11) is 0. The zero-order chi connectivity index (χ0) is 38.0. The van der Waals surface area contributed by atoms with Crippen LogP contribution >= 0.6 is 0 Å². The van der Waals surface area contributed by atoms with Gasteiger partial charge in [-0.25, -0.2) is 0 Å². The van der Waals surface area contributed by atoms with E-state index in [0.29, 0.717) is 0 Å². The second kappa shape index (κ2) is 13.1. The van der Waals surface area contributed by atoms with E-state index in [9.17, 15) is 0 Å². The zero-order valence-corrected chi connectivity index (χ0v) is 32.6.